The minimum absolute atomic E-state index is 0.0206. The summed E-state index contributed by atoms with van der Waals surface area (Å²) in [5, 5.41) is 18.5. The van der Waals surface area contributed by atoms with Gasteiger partial charge in [0, 0.05) is 29.8 Å². The Morgan fingerprint density at radius 2 is 2.15 bits per heavy atom. The quantitative estimate of drug-likeness (QED) is 0.774. The lowest BCUT2D eigenvalue weighted by Crippen LogP contribution is -2.18. The molecule has 1 aromatic heterocycles. The topological polar surface area (TPSA) is 95.4 Å². The maximum Gasteiger partial charge on any atom is 0.254 e. The van der Waals surface area contributed by atoms with Crippen molar-refractivity contribution >= 4 is 0 Å². The molecule has 0 fully saturated rings. The Morgan fingerprint density at radius 3 is 2.75 bits per heavy atom. The number of nitrogens with zero attached hydrogens (tertiary/aromatic N) is 1. The molecule has 1 heterocycles. The maximum atomic E-state index is 12.0. The zero-order valence-electron chi connectivity index (χ0n) is 11.3. The highest BCUT2D eigenvalue weighted by Gasteiger charge is 2.11. The lowest BCUT2D eigenvalue weighted by molar-refractivity contribution is 0.298. The molecule has 0 unspecified atom stereocenters. The van der Waals surface area contributed by atoms with E-state index in [2.05, 4.69) is 9.97 Å². The second-order valence-corrected chi connectivity index (χ2v) is 4.34. The van der Waals surface area contributed by atoms with E-state index in [1.807, 2.05) is 0 Å². The lowest BCUT2D eigenvalue weighted by Gasteiger charge is -2.08. The number of phenolic OH excluding ortho intramolecular Hbond substituents is 1. The molecule has 2 aromatic rings. The van der Waals surface area contributed by atoms with Gasteiger partial charge < -0.3 is 19.9 Å². The normalized spacial score (nSPS) is 10.6. The first kappa shape index (κ1) is 14.1. The molecule has 1 aromatic carbocycles. The molecule has 6 nitrogen and oxygen atoms in total. The van der Waals surface area contributed by atoms with E-state index < -0.39 is 0 Å². The molecule has 0 amide bonds. The van der Waals surface area contributed by atoms with E-state index in [1.165, 1.54) is 13.2 Å². The predicted octanol–water partition coefficient (Wildman–Crippen LogP) is 0.994. The van der Waals surface area contributed by atoms with Gasteiger partial charge in [0.1, 0.15) is 5.82 Å². The van der Waals surface area contributed by atoms with E-state index >= 15 is 0 Å². The first-order valence-corrected chi connectivity index (χ1v) is 6.15. The summed E-state index contributed by atoms with van der Waals surface area (Å²) in [4.78, 5) is 19.0. The van der Waals surface area contributed by atoms with E-state index in [-0.39, 0.29) is 24.3 Å². The largest absolute Gasteiger partial charge is 0.504 e. The average molecular weight is 276 g/mol. The number of H-pyrrole nitrogens is 1. The third-order valence-electron chi connectivity index (χ3n) is 3.04. The molecule has 0 saturated carbocycles. The molecular weight excluding hydrogens is 260 g/mol. The number of aromatic nitrogens is 2. The Kier molecular flexibility index (Phi) is 4.05. The van der Waals surface area contributed by atoms with Crippen LogP contribution >= 0.6 is 0 Å². The maximum absolute atomic E-state index is 12.0. The minimum atomic E-state index is -0.270. The van der Waals surface area contributed by atoms with Crippen LogP contribution in [0.4, 0.5) is 0 Å². The van der Waals surface area contributed by atoms with Crippen molar-refractivity contribution in [3.05, 3.63) is 39.8 Å². The Bertz CT molecular complexity index is 679. The molecule has 0 spiro atoms. The Hall–Kier alpha value is -2.34. The Labute approximate surface area is 115 Å². The van der Waals surface area contributed by atoms with Gasteiger partial charge in [-0.1, -0.05) is 0 Å². The first-order chi connectivity index (χ1) is 9.56. The summed E-state index contributed by atoms with van der Waals surface area (Å²) in [6, 6.07) is 4.71. The summed E-state index contributed by atoms with van der Waals surface area (Å²) in [5.41, 5.74) is 1.41. The van der Waals surface area contributed by atoms with Gasteiger partial charge in [0.15, 0.2) is 11.5 Å². The molecule has 3 N–H and O–H groups in total. The number of methoxy groups -OCH3 is 1. The summed E-state index contributed by atoms with van der Waals surface area (Å²) in [5.74, 6) is 0.724. The number of rotatable bonds is 4. The van der Waals surface area contributed by atoms with Gasteiger partial charge in [-0.25, -0.2) is 4.98 Å². The fourth-order valence-electron chi connectivity index (χ4n) is 1.98. The van der Waals surface area contributed by atoms with Gasteiger partial charge in [0.05, 0.1) is 7.11 Å². The summed E-state index contributed by atoms with van der Waals surface area (Å²) >= 11 is 0. The number of aromatic amines is 1. The van der Waals surface area contributed by atoms with Gasteiger partial charge in [-0.05, 0) is 25.1 Å². The van der Waals surface area contributed by atoms with E-state index in [9.17, 15) is 9.90 Å². The number of aryl methyl sites for hydroxylation is 1. The summed E-state index contributed by atoms with van der Waals surface area (Å²) in [7, 11) is 1.45. The molecule has 20 heavy (non-hydrogen) atoms. The van der Waals surface area contributed by atoms with Crippen LogP contribution in [0, 0.1) is 6.92 Å². The van der Waals surface area contributed by atoms with Crippen molar-refractivity contribution in [3.8, 4) is 22.9 Å². The molecule has 106 valence electrons. The van der Waals surface area contributed by atoms with E-state index in [4.69, 9.17) is 9.84 Å². The zero-order chi connectivity index (χ0) is 14.7. The third kappa shape index (κ3) is 2.65. The highest BCUT2D eigenvalue weighted by molar-refractivity contribution is 5.60. The van der Waals surface area contributed by atoms with Gasteiger partial charge >= 0.3 is 0 Å². The number of aliphatic hydroxyl groups excluding tert-OH is 1. The van der Waals surface area contributed by atoms with Crippen LogP contribution in [0.1, 0.15) is 11.3 Å². The standard InChI is InChI=1S/C14H16N2O4/c1-8-10(5-6-17)14(19)16-13(15-8)9-3-4-11(18)12(7-9)20-2/h3-4,7,17-18H,5-6H2,1-2H3,(H,15,16,19). The summed E-state index contributed by atoms with van der Waals surface area (Å²) in [6.45, 7) is 1.62. The van der Waals surface area contributed by atoms with Crippen molar-refractivity contribution in [1.29, 1.82) is 0 Å². The van der Waals surface area contributed by atoms with Crippen molar-refractivity contribution in [1.82, 2.24) is 9.97 Å². The Balaban J connectivity index is 2.51. The summed E-state index contributed by atoms with van der Waals surface area (Å²) < 4.78 is 5.03. The van der Waals surface area contributed by atoms with Crippen molar-refractivity contribution in [2.75, 3.05) is 13.7 Å². The van der Waals surface area contributed by atoms with Crippen molar-refractivity contribution in [2.45, 2.75) is 13.3 Å². The first-order valence-electron chi connectivity index (χ1n) is 6.15. The fraction of sp³-hybridized carbons (Fsp3) is 0.286. The molecule has 0 aliphatic heterocycles. The summed E-state index contributed by atoms with van der Waals surface area (Å²) in [6.07, 6.45) is 0.271. The molecule has 0 radical (unpaired) electrons. The van der Waals surface area contributed by atoms with Gasteiger partial charge in [0.25, 0.3) is 5.56 Å². The number of benzene rings is 1. The number of ether oxygens (including phenoxy) is 1. The van der Waals surface area contributed by atoms with Crippen LogP contribution in [0.15, 0.2) is 23.0 Å². The number of nitrogens with one attached hydrogen (secondary N) is 1. The monoisotopic (exact) mass is 276 g/mol. The average Bonchev–Trinajstić information content (AvgIpc) is 2.43. The molecule has 0 bridgehead atoms. The molecule has 0 aliphatic carbocycles. The minimum Gasteiger partial charge on any atom is -0.504 e. The van der Waals surface area contributed by atoms with Crippen LogP contribution in [-0.2, 0) is 6.42 Å². The number of aliphatic hydroxyl groups is 1. The predicted molar refractivity (Wildman–Crippen MR) is 74.0 cm³/mol. The van der Waals surface area contributed by atoms with E-state index in [0.717, 1.165) is 0 Å². The number of hydrogen-bond donors (Lipinski definition) is 3. The third-order valence-corrected chi connectivity index (χ3v) is 3.04. The second kappa shape index (κ2) is 5.75. The van der Waals surface area contributed by atoms with E-state index in [0.29, 0.717) is 28.4 Å². The van der Waals surface area contributed by atoms with Crippen LogP contribution in [-0.4, -0.2) is 33.9 Å². The molecule has 0 aliphatic rings. The van der Waals surface area contributed by atoms with Crippen LogP contribution in [0.2, 0.25) is 0 Å². The van der Waals surface area contributed by atoms with Crippen LogP contribution < -0.4 is 10.3 Å². The number of aromatic hydroxyl groups is 1. The van der Waals surface area contributed by atoms with E-state index in [1.54, 1.807) is 19.1 Å². The van der Waals surface area contributed by atoms with Crippen molar-refractivity contribution in [2.24, 2.45) is 0 Å². The highest BCUT2D eigenvalue weighted by Crippen LogP contribution is 2.29. The van der Waals surface area contributed by atoms with Crippen LogP contribution in [0.3, 0.4) is 0 Å². The molecule has 0 atom stereocenters. The second-order valence-electron chi connectivity index (χ2n) is 4.34. The molecule has 6 heteroatoms. The zero-order valence-corrected chi connectivity index (χ0v) is 11.3. The number of hydrogen-bond acceptors (Lipinski definition) is 5. The van der Waals surface area contributed by atoms with Gasteiger partial charge in [-0.2, -0.15) is 0 Å². The molecular formula is C14H16N2O4. The Morgan fingerprint density at radius 1 is 1.40 bits per heavy atom. The van der Waals surface area contributed by atoms with Gasteiger partial charge in [-0.3, -0.25) is 4.79 Å². The smallest absolute Gasteiger partial charge is 0.254 e. The highest BCUT2D eigenvalue weighted by atomic mass is 16.5. The number of phenols is 1. The van der Waals surface area contributed by atoms with Crippen molar-refractivity contribution in [3.63, 3.8) is 0 Å². The van der Waals surface area contributed by atoms with Gasteiger partial charge in [0.2, 0.25) is 0 Å². The van der Waals surface area contributed by atoms with Crippen LogP contribution in [0.5, 0.6) is 11.5 Å². The molecule has 2 rings (SSSR count). The lowest BCUT2D eigenvalue weighted by atomic mass is 10.1. The molecule has 0 saturated heterocycles. The van der Waals surface area contributed by atoms with Crippen LogP contribution in [0.25, 0.3) is 11.4 Å². The van der Waals surface area contributed by atoms with Gasteiger partial charge in [-0.15, -0.1) is 0 Å². The van der Waals surface area contributed by atoms with Crippen molar-refractivity contribution < 1.29 is 14.9 Å². The SMILES string of the molecule is COc1cc(-c2nc(C)c(CCO)c(=O)[nH]2)ccc1O. The fourth-order valence-corrected chi connectivity index (χ4v) is 1.98.